The fourth-order valence-electron chi connectivity index (χ4n) is 2.58. The Bertz CT molecular complexity index is 594. The molecule has 1 aliphatic carbocycles. The molecule has 0 radical (unpaired) electrons. The third-order valence-corrected chi connectivity index (χ3v) is 3.53. The first-order valence-electron chi connectivity index (χ1n) is 5.90. The van der Waals surface area contributed by atoms with Crippen LogP contribution in [0.25, 0.3) is 10.9 Å². The molecule has 3 heteroatoms. The monoisotopic (exact) mass is 229 g/mol. The van der Waals surface area contributed by atoms with Crippen LogP contribution in [-0.2, 0) is 0 Å². The lowest BCUT2D eigenvalue weighted by Gasteiger charge is -2.05. The van der Waals surface area contributed by atoms with Gasteiger partial charge in [-0.15, -0.1) is 0 Å². The van der Waals surface area contributed by atoms with Crippen LogP contribution < -0.4 is 4.74 Å². The highest BCUT2D eigenvalue weighted by Gasteiger charge is 2.29. The molecule has 0 saturated heterocycles. The zero-order valence-corrected chi connectivity index (χ0v) is 10.1. The van der Waals surface area contributed by atoms with Crippen molar-refractivity contribution in [1.82, 2.24) is 4.57 Å². The number of aryl methyl sites for hydroxylation is 1. The molecule has 1 aromatic heterocycles. The van der Waals surface area contributed by atoms with Gasteiger partial charge in [-0.05, 0) is 37.5 Å². The van der Waals surface area contributed by atoms with Gasteiger partial charge in [0.25, 0.3) is 0 Å². The quantitative estimate of drug-likeness (QED) is 0.757. The van der Waals surface area contributed by atoms with E-state index in [1.54, 1.807) is 7.11 Å². The minimum absolute atomic E-state index is 0.499. The summed E-state index contributed by atoms with van der Waals surface area (Å²) >= 11 is 0. The van der Waals surface area contributed by atoms with Crippen molar-refractivity contribution in [3.63, 3.8) is 0 Å². The van der Waals surface area contributed by atoms with Gasteiger partial charge in [0.15, 0.2) is 6.29 Å². The minimum atomic E-state index is 0.499. The lowest BCUT2D eigenvalue weighted by atomic mass is 10.1. The number of carbonyl (C=O) groups excluding carboxylic acids is 1. The van der Waals surface area contributed by atoms with Crippen LogP contribution in [0.2, 0.25) is 0 Å². The van der Waals surface area contributed by atoms with E-state index < -0.39 is 0 Å². The molecule has 1 saturated carbocycles. The van der Waals surface area contributed by atoms with E-state index in [0.717, 1.165) is 34.2 Å². The molecule has 1 fully saturated rings. The molecule has 0 spiro atoms. The van der Waals surface area contributed by atoms with Gasteiger partial charge >= 0.3 is 0 Å². The largest absolute Gasteiger partial charge is 0.496 e. The number of hydrogen-bond donors (Lipinski definition) is 0. The van der Waals surface area contributed by atoms with E-state index in [1.165, 1.54) is 12.8 Å². The molecule has 17 heavy (non-hydrogen) atoms. The molecule has 0 bridgehead atoms. The van der Waals surface area contributed by atoms with E-state index in [0.29, 0.717) is 6.04 Å². The predicted octanol–water partition coefficient (Wildman–Crippen LogP) is 3.11. The van der Waals surface area contributed by atoms with Crippen molar-refractivity contribution in [1.29, 1.82) is 0 Å². The van der Waals surface area contributed by atoms with Gasteiger partial charge in [0.1, 0.15) is 5.75 Å². The van der Waals surface area contributed by atoms with Gasteiger partial charge in [0.2, 0.25) is 0 Å². The molecule has 3 nitrogen and oxygen atoms in total. The van der Waals surface area contributed by atoms with Gasteiger partial charge in [-0.1, -0.05) is 6.07 Å². The Labute approximate surface area is 100.0 Å². The summed E-state index contributed by atoms with van der Waals surface area (Å²) in [6.45, 7) is 1.99. The second-order valence-corrected chi connectivity index (χ2v) is 4.58. The molecule has 0 atom stereocenters. The zero-order valence-electron chi connectivity index (χ0n) is 10.1. The predicted molar refractivity (Wildman–Crippen MR) is 66.9 cm³/mol. The number of aromatic nitrogens is 1. The normalized spacial score (nSPS) is 15.2. The highest BCUT2D eigenvalue weighted by Crippen LogP contribution is 2.42. The molecule has 0 aliphatic heterocycles. The number of nitrogens with zero attached hydrogens (tertiary/aromatic N) is 1. The second kappa shape index (κ2) is 3.62. The third kappa shape index (κ3) is 1.38. The van der Waals surface area contributed by atoms with Crippen LogP contribution in [0.5, 0.6) is 5.75 Å². The summed E-state index contributed by atoms with van der Waals surface area (Å²) in [6.07, 6.45) is 3.30. The van der Waals surface area contributed by atoms with Crippen molar-refractivity contribution in [2.45, 2.75) is 25.8 Å². The first kappa shape index (κ1) is 10.4. The summed E-state index contributed by atoms with van der Waals surface area (Å²) in [5, 5.41) is 1.07. The molecule has 0 unspecified atom stereocenters. The zero-order chi connectivity index (χ0) is 12.0. The number of benzene rings is 1. The average Bonchev–Trinajstić information content (AvgIpc) is 3.14. The Morgan fingerprint density at radius 1 is 1.41 bits per heavy atom. The number of ether oxygens (including phenoxy) is 1. The van der Waals surface area contributed by atoms with Crippen molar-refractivity contribution in [3.05, 3.63) is 29.5 Å². The Balaban J connectivity index is 2.41. The molecule has 1 aliphatic rings. The first-order valence-corrected chi connectivity index (χ1v) is 5.90. The van der Waals surface area contributed by atoms with Crippen LogP contribution in [0.1, 0.15) is 34.9 Å². The van der Waals surface area contributed by atoms with Crippen molar-refractivity contribution in [2.75, 3.05) is 7.11 Å². The Morgan fingerprint density at radius 2 is 2.18 bits per heavy atom. The van der Waals surface area contributed by atoms with Crippen molar-refractivity contribution in [3.8, 4) is 5.75 Å². The number of rotatable bonds is 3. The SMILES string of the molecule is COc1cccc2c1c(C)c(C=O)n2C1CC1. The van der Waals surface area contributed by atoms with E-state index in [2.05, 4.69) is 10.6 Å². The Morgan fingerprint density at radius 3 is 2.76 bits per heavy atom. The smallest absolute Gasteiger partial charge is 0.166 e. The van der Waals surface area contributed by atoms with E-state index >= 15 is 0 Å². The van der Waals surface area contributed by atoms with Crippen LogP contribution in [0.15, 0.2) is 18.2 Å². The Kier molecular flexibility index (Phi) is 2.21. The number of hydrogen-bond acceptors (Lipinski definition) is 2. The van der Waals surface area contributed by atoms with Gasteiger partial charge in [0.05, 0.1) is 18.3 Å². The molecule has 0 N–H and O–H groups in total. The van der Waals surface area contributed by atoms with E-state index in [1.807, 2.05) is 19.1 Å². The van der Waals surface area contributed by atoms with Crippen LogP contribution in [0, 0.1) is 6.92 Å². The van der Waals surface area contributed by atoms with Gasteiger partial charge in [-0.2, -0.15) is 0 Å². The number of methoxy groups -OCH3 is 1. The molecule has 1 heterocycles. The van der Waals surface area contributed by atoms with Crippen molar-refractivity contribution < 1.29 is 9.53 Å². The van der Waals surface area contributed by atoms with Crippen molar-refractivity contribution in [2.24, 2.45) is 0 Å². The average molecular weight is 229 g/mol. The van der Waals surface area contributed by atoms with E-state index in [9.17, 15) is 4.79 Å². The minimum Gasteiger partial charge on any atom is -0.496 e. The summed E-state index contributed by atoms with van der Waals surface area (Å²) < 4.78 is 7.56. The summed E-state index contributed by atoms with van der Waals surface area (Å²) in [4.78, 5) is 11.3. The van der Waals surface area contributed by atoms with Gasteiger partial charge in [0, 0.05) is 11.4 Å². The highest BCUT2D eigenvalue weighted by molar-refractivity contribution is 5.97. The fraction of sp³-hybridized carbons (Fsp3) is 0.357. The number of fused-ring (bicyclic) bond motifs is 1. The number of carbonyl (C=O) groups is 1. The molecule has 88 valence electrons. The molecular formula is C14H15NO2. The maximum atomic E-state index is 11.3. The van der Waals surface area contributed by atoms with Crippen molar-refractivity contribution >= 4 is 17.2 Å². The topological polar surface area (TPSA) is 31.2 Å². The lowest BCUT2D eigenvalue weighted by molar-refractivity contribution is 0.111. The maximum absolute atomic E-state index is 11.3. The first-order chi connectivity index (χ1) is 8.27. The molecule has 1 aromatic carbocycles. The molecule has 0 amide bonds. The fourth-order valence-corrected chi connectivity index (χ4v) is 2.58. The summed E-state index contributed by atoms with van der Waals surface area (Å²) in [6, 6.07) is 6.49. The van der Waals surface area contributed by atoms with E-state index in [4.69, 9.17) is 4.74 Å². The molecule has 2 aromatic rings. The number of aldehydes is 1. The highest BCUT2D eigenvalue weighted by atomic mass is 16.5. The summed E-state index contributed by atoms with van der Waals surface area (Å²) in [5.41, 5.74) is 2.94. The Hall–Kier alpha value is -1.77. The van der Waals surface area contributed by atoms with Crippen LogP contribution in [-0.4, -0.2) is 18.0 Å². The third-order valence-electron chi connectivity index (χ3n) is 3.53. The lowest BCUT2D eigenvalue weighted by Crippen LogP contribution is -1.99. The van der Waals surface area contributed by atoms with Crippen LogP contribution in [0.3, 0.4) is 0 Å². The standard InChI is InChI=1S/C14H15NO2/c1-9-12(8-16)15(10-6-7-10)11-4-3-5-13(17-2)14(9)11/h3-5,8,10H,6-7H2,1-2H3. The summed E-state index contributed by atoms with van der Waals surface area (Å²) in [5.74, 6) is 0.850. The van der Waals surface area contributed by atoms with E-state index in [-0.39, 0.29) is 0 Å². The van der Waals surface area contributed by atoms with Gasteiger partial charge in [-0.25, -0.2) is 0 Å². The second-order valence-electron chi connectivity index (χ2n) is 4.58. The van der Waals surface area contributed by atoms with Crippen LogP contribution >= 0.6 is 0 Å². The van der Waals surface area contributed by atoms with Crippen LogP contribution in [0.4, 0.5) is 0 Å². The van der Waals surface area contributed by atoms with Gasteiger partial charge < -0.3 is 9.30 Å². The van der Waals surface area contributed by atoms with Gasteiger partial charge in [-0.3, -0.25) is 4.79 Å². The maximum Gasteiger partial charge on any atom is 0.166 e. The molecular weight excluding hydrogens is 214 g/mol. The summed E-state index contributed by atoms with van der Waals surface area (Å²) in [7, 11) is 1.67. The molecule has 3 rings (SSSR count).